The van der Waals surface area contributed by atoms with Crippen molar-refractivity contribution in [3.63, 3.8) is 0 Å². The van der Waals surface area contributed by atoms with Crippen LogP contribution in [0, 0.1) is 5.92 Å². The molecular weight excluding hydrogens is 338 g/mol. The van der Waals surface area contributed by atoms with Crippen molar-refractivity contribution in [1.82, 2.24) is 9.21 Å². The minimum atomic E-state index is -3.16. The molecule has 2 fully saturated rings. The van der Waals surface area contributed by atoms with E-state index >= 15 is 0 Å². The van der Waals surface area contributed by atoms with E-state index in [0.717, 1.165) is 38.8 Å². The maximum absolute atomic E-state index is 12.2. The molecule has 2 rings (SSSR count). The van der Waals surface area contributed by atoms with Crippen molar-refractivity contribution in [2.75, 3.05) is 31.9 Å². The number of nitrogens with zero attached hydrogens (tertiary/aromatic N) is 2. The van der Waals surface area contributed by atoms with Gasteiger partial charge < -0.3 is 10.6 Å². The summed E-state index contributed by atoms with van der Waals surface area (Å²) in [5, 5.41) is 0. The molecule has 2 heterocycles. The van der Waals surface area contributed by atoms with Crippen LogP contribution in [0.1, 0.15) is 45.4 Å². The second-order valence-electron chi connectivity index (χ2n) is 6.60. The Morgan fingerprint density at radius 2 is 1.74 bits per heavy atom. The van der Waals surface area contributed by atoms with Gasteiger partial charge in [-0.1, -0.05) is 0 Å². The lowest BCUT2D eigenvalue weighted by Gasteiger charge is -2.33. The van der Waals surface area contributed by atoms with E-state index in [0.29, 0.717) is 31.8 Å². The van der Waals surface area contributed by atoms with E-state index in [9.17, 15) is 13.2 Å². The van der Waals surface area contributed by atoms with Crippen LogP contribution in [0.4, 0.5) is 0 Å². The van der Waals surface area contributed by atoms with Gasteiger partial charge in [0.1, 0.15) is 0 Å². The van der Waals surface area contributed by atoms with Gasteiger partial charge >= 0.3 is 0 Å². The van der Waals surface area contributed by atoms with E-state index in [4.69, 9.17) is 5.73 Å². The number of likely N-dealkylation sites (tertiary alicyclic amines) is 1. The normalized spacial score (nSPS) is 21.9. The number of carbonyl (C=O) groups is 1. The van der Waals surface area contributed by atoms with Crippen molar-refractivity contribution in [1.29, 1.82) is 0 Å². The number of rotatable bonds is 6. The summed E-state index contributed by atoms with van der Waals surface area (Å²) >= 11 is 0. The maximum atomic E-state index is 12.2. The Hall–Kier alpha value is -0.370. The van der Waals surface area contributed by atoms with Gasteiger partial charge in [-0.2, -0.15) is 0 Å². The van der Waals surface area contributed by atoms with Crippen LogP contribution in [0.5, 0.6) is 0 Å². The summed E-state index contributed by atoms with van der Waals surface area (Å²) < 4.78 is 25.8. The highest BCUT2D eigenvalue weighted by Crippen LogP contribution is 2.20. The molecule has 0 spiro atoms. The first-order valence-corrected chi connectivity index (χ1v) is 10.0. The van der Waals surface area contributed by atoms with Gasteiger partial charge in [-0.25, -0.2) is 12.7 Å². The topological polar surface area (TPSA) is 83.7 Å². The lowest BCUT2D eigenvalue weighted by Crippen LogP contribution is -2.42. The van der Waals surface area contributed by atoms with Crippen molar-refractivity contribution < 1.29 is 13.2 Å². The number of sulfonamides is 1. The van der Waals surface area contributed by atoms with Crippen LogP contribution in [-0.2, 0) is 14.8 Å². The molecule has 1 atom stereocenters. The number of amides is 1. The summed E-state index contributed by atoms with van der Waals surface area (Å²) in [7, 11) is -3.16. The molecule has 2 aliphatic rings. The first-order valence-electron chi connectivity index (χ1n) is 8.41. The fourth-order valence-corrected chi connectivity index (χ4v) is 4.92. The Balaban J connectivity index is 0.00000264. The number of nitrogens with two attached hydrogens (primary N) is 1. The number of piperidine rings is 1. The van der Waals surface area contributed by atoms with Gasteiger partial charge in [0.05, 0.1) is 5.75 Å². The van der Waals surface area contributed by atoms with Crippen molar-refractivity contribution in [3.05, 3.63) is 0 Å². The third-order valence-electron chi connectivity index (χ3n) is 4.89. The first kappa shape index (κ1) is 20.7. The zero-order chi connectivity index (χ0) is 16.2. The van der Waals surface area contributed by atoms with Crippen LogP contribution < -0.4 is 5.73 Å². The van der Waals surface area contributed by atoms with Gasteiger partial charge in [0.25, 0.3) is 0 Å². The Morgan fingerprint density at radius 1 is 1.17 bits per heavy atom. The van der Waals surface area contributed by atoms with Gasteiger partial charge in [0.2, 0.25) is 15.9 Å². The molecule has 0 saturated carbocycles. The standard InChI is InChI=1S/C15H29N3O3S.ClH/c1-13(16)14-6-10-17(11-7-14)15(19)5-4-12-22(20,21)18-8-2-3-9-18;/h13-14H,2-12,16H2,1H3;1H. The van der Waals surface area contributed by atoms with E-state index in [1.54, 1.807) is 4.31 Å². The molecule has 23 heavy (non-hydrogen) atoms. The van der Waals surface area contributed by atoms with Crippen molar-refractivity contribution >= 4 is 28.3 Å². The first-order chi connectivity index (χ1) is 10.4. The molecule has 136 valence electrons. The van der Waals surface area contributed by atoms with Gasteiger partial charge in [0, 0.05) is 38.6 Å². The van der Waals surface area contributed by atoms with Crippen molar-refractivity contribution in [2.45, 2.75) is 51.5 Å². The predicted molar refractivity (Wildman–Crippen MR) is 94.0 cm³/mol. The largest absolute Gasteiger partial charge is 0.343 e. The molecular formula is C15H30ClN3O3S. The fourth-order valence-electron chi connectivity index (χ4n) is 3.33. The van der Waals surface area contributed by atoms with Gasteiger partial charge in [-0.3, -0.25) is 4.79 Å². The van der Waals surface area contributed by atoms with E-state index in [2.05, 4.69) is 0 Å². The van der Waals surface area contributed by atoms with E-state index in [1.807, 2.05) is 11.8 Å². The Morgan fingerprint density at radius 3 is 2.26 bits per heavy atom. The van der Waals surface area contributed by atoms with Crippen molar-refractivity contribution in [2.24, 2.45) is 11.7 Å². The molecule has 2 N–H and O–H groups in total. The van der Waals surface area contributed by atoms with E-state index in [1.165, 1.54) is 0 Å². The van der Waals surface area contributed by atoms with Crippen LogP contribution >= 0.6 is 12.4 Å². The van der Waals surface area contributed by atoms with Crippen LogP contribution in [-0.4, -0.2) is 61.5 Å². The van der Waals surface area contributed by atoms with Crippen molar-refractivity contribution in [3.8, 4) is 0 Å². The summed E-state index contributed by atoms with van der Waals surface area (Å²) in [6.45, 7) is 4.81. The Kier molecular flexibility index (Phi) is 8.27. The minimum Gasteiger partial charge on any atom is -0.343 e. The highest BCUT2D eigenvalue weighted by molar-refractivity contribution is 7.89. The molecule has 2 saturated heterocycles. The number of halogens is 1. The van der Waals surface area contributed by atoms with Gasteiger partial charge in [-0.15, -0.1) is 12.4 Å². The third-order valence-corrected chi connectivity index (χ3v) is 6.84. The van der Waals surface area contributed by atoms with E-state index in [-0.39, 0.29) is 30.1 Å². The lowest BCUT2D eigenvalue weighted by molar-refractivity contribution is -0.132. The SMILES string of the molecule is CC(N)C1CCN(C(=O)CCCS(=O)(=O)N2CCCC2)CC1.Cl. The molecule has 0 aromatic rings. The zero-order valence-electron chi connectivity index (χ0n) is 13.9. The summed E-state index contributed by atoms with van der Waals surface area (Å²) in [6.07, 6.45) is 4.56. The van der Waals surface area contributed by atoms with Crippen LogP contribution in [0.15, 0.2) is 0 Å². The third kappa shape index (κ3) is 5.89. The molecule has 0 aromatic heterocycles. The average molecular weight is 368 g/mol. The quantitative estimate of drug-likeness (QED) is 0.764. The molecule has 1 unspecified atom stereocenters. The molecule has 2 aliphatic heterocycles. The Labute approximate surface area is 146 Å². The fraction of sp³-hybridized carbons (Fsp3) is 0.933. The summed E-state index contributed by atoms with van der Waals surface area (Å²) in [4.78, 5) is 14.0. The summed E-state index contributed by atoms with van der Waals surface area (Å²) in [6, 6.07) is 0.183. The number of hydrogen-bond donors (Lipinski definition) is 1. The Bertz CT molecular complexity index is 470. The second kappa shape index (κ2) is 9.20. The van der Waals surface area contributed by atoms with Crippen LogP contribution in [0.3, 0.4) is 0 Å². The lowest BCUT2D eigenvalue weighted by atomic mass is 9.91. The highest BCUT2D eigenvalue weighted by atomic mass is 35.5. The van der Waals surface area contributed by atoms with E-state index < -0.39 is 10.0 Å². The smallest absolute Gasteiger partial charge is 0.222 e. The molecule has 0 bridgehead atoms. The molecule has 0 aliphatic carbocycles. The molecule has 0 aromatic carbocycles. The molecule has 1 amide bonds. The minimum absolute atomic E-state index is 0. The number of hydrogen-bond acceptors (Lipinski definition) is 4. The average Bonchev–Trinajstić information content (AvgIpc) is 3.02. The van der Waals surface area contributed by atoms with Gasteiger partial charge in [-0.05, 0) is 44.9 Å². The van der Waals surface area contributed by atoms with Crippen LogP contribution in [0.25, 0.3) is 0 Å². The van der Waals surface area contributed by atoms with Gasteiger partial charge in [0.15, 0.2) is 0 Å². The van der Waals surface area contributed by atoms with Crippen LogP contribution in [0.2, 0.25) is 0 Å². The molecule has 0 radical (unpaired) electrons. The summed E-state index contributed by atoms with van der Waals surface area (Å²) in [5.74, 6) is 0.675. The maximum Gasteiger partial charge on any atom is 0.222 e. The number of carbonyl (C=O) groups excluding carboxylic acids is 1. The molecule has 6 nitrogen and oxygen atoms in total. The zero-order valence-corrected chi connectivity index (χ0v) is 15.6. The monoisotopic (exact) mass is 367 g/mol. The second-order valence-corrected chi connectivity index (χ2v) is 8.69. The molecule has 8 heteroatoms. The summed E-state index contributed by atoms with van der Waals surface area (Å²) in [5.41, 5.74) is 5.90. The predicted octanol–water partition coefficient (Wildman–Crippen LogP) is 1.20. The highest BCUT2D eigenvalue weighted by Gasteiger charge is 2.27.